The summed E-state index contributed by atoms with van der Waals surface area (Å²) in [4.78, 5) is 10.9. The first-order chi connectivity index (χ1) is 9.30. The lowest BCUT2D eigenvalue weighted by Crippen LogP contribution is -2.45. The third-order valence-corrected chi connectivity index (χ3v) is 8.50. The van der Waals surface area contributed by atoms with Crippen molar-refractivity contribution in [1.82, 2.24) is 4.72 Å². The summed E-state index contributed by atoms with van der Waals surface area (Å²) in [7, 11) is -3.69. The van der Waals surface area contributed by atoms with Crippen molar-refractivity contribution in [1.29, 1.82) is 0 Å². The summed E-state index contributed by atoms with van der Waals surface area (Å²) in [5.74, 6) is -1.13. The van der Waals surface area contributed by atoms with Gasteiger partial charge < -0.3 is 5.11 Å². The summed E-state index contributed by atoms with van der Waals surface area (Å²) in [5, 5.41) is 8.90. The van der Waals surface area contributed by atoms with Crippen molar-refractivity contribution in [3.63, 3.8) is 0 Å². The third kappa shape index (κ3) is 3.22. The minimum absolute atomic E-state index is 0.000439. The lowest BCUT2D eigenvalue weighted by atomic mass is 9.84. The van der Waals surface area contributed by atoms with Gasteiger partial charge in [0, 0.05) is 11.3 Å². The minimum atomic E-state index is -3.69. The smallest absolute Gasteiger partial charge is 0.345 e. The van der Waals surface area contributed by atoms with Crippen LogP contribution in [0.1, 0.15) is 28.9 Å². The molecule has 0 aliphatic heterocycles. The van der Waals surface area contributed by atoms with E-state index >= 15 is 0 Å². The molecule has 112 valence electrons. The Kier molecular flexibility index (Phi) is 4.85. The fraction of sp³-hybridized carbons (Fsp3) is 0.545. The standard InChI is InChI=1S/C11H14BrNO4S3/c1-18-11(3-2-4-11)6-13-20(16,17)8-5-7(10(14)15)19-9(8)12/h5,13H,2-4,6H2,1H3,(H,14,15). The highest BCUT2D eigenvalue weighted by molar-refractivity contribution is 9.11. The van der Waals surface area contributed by atoms with Gasteiger partial charge in [-0.1, -0.05) is 6.42 Å². The van der Waals surface area contributed by atoms with Gasteiger partial charge in [-0.2, -0.15) is 11.8 Å². The van der Waals surface area contributed by atoms with Crippen molar-refractivity contribution in [2.75, 3.05) is 12.8 Å². The third-order valence-electron chi connectivity index (χ3n) is 3.44. The van der Waals surface area contributed by atoms with Crippen LogP contribution in [0, 0.1) is 0 Å². The minimum Gasteiger partial charge on any atom is -0.477 e. The molecule has 0 amide bonds. The molecule has 1 saturated carbocycles. The Morgan fingerprint density at radius 1 is 1.60 bits per heavy atom. The van der Waals surface area contributed by atoms with Gasteiger partial charge in [-0.25, -0.2) is 17.9 Å². The Morgan fingerprint density at radius 3 is 2.65 bits per heavy atom. The SMILES string of the molecule is CSC1(CNS(=O)(=O)c2cc(C(=O)O)sc2Br)CCC1. The summed E-state index contributed by atoms with van der Waals surface area (Å²) < 4.78 is 27.4. The lowest BCUT2D eigenvalue weighted by molar-refractivity contribution is 0.0702. The van der Waals surface area contributed by atoms with E-state index in [9.17, 15) is 13.2 Å². The van der Waals surface area contributed by atoms with E-state index in [4.69, 9.17) is 5.11 Å². The van der Waals surface area contributed by atoms with Crippen LogP contribution < -0.4 is 4.72 Å². The number of rotatable bonds is 6. The van der Waals surface area contributed by atoms with Crippen LogP contribution in [0.3, 0.4) is 0 Å². The second-order valence-corrected chi connectivity index (χ2v) is 10.00. The molecule has 1 aliphatic carbocycles. The second-order valence-electron chi connectivity index (χ2n) is 4.62. The molecule has 9 heteroatoms. The number of thioether (sulfide) groups is 1. The van der Waals surface area contributed by atoms with Gasteiger partial charge in [-0.3, -0.25) is 0 Å². The van der Waals surface area contributed by atoms with Crippen molar-refractivity contribution >= 4 is 55.0 Å². The van der Waals surface area contributed by atoms with E-state index in [0.717, 1.165) is 30.6 Å². The zero-order valence-electron chi connectivity index (χ0n) is 10.7. The molecule has 0 unspecified atom stereocenters. The summed E-state index contributed by atoms with van der Waals surface area (Å²) in [6, 6.07) is 1.19. The van der Waals surface area contributed by atoms with E-state index in [1.807, 2.05) is 6.26 Å². The molecule has 5 nitrogen and oxygen atoms in total. The molecule has 20 heavy (non-hydrogen) atoms. The van der Waals surface area contributed by atoms with Gasteiger partial charge in [0.15, 0.2) is 0 Å². The maximum Gasteiger partial charge on any atom is 0.345 e. The highest BCUT2D eigenvalue weighted by Gasteiger charge is 2.37. The monoisotopic (exact) mass is 399 g/mol. The van der Waals surface area contributed by atoms with Crippen LogP contribution in [0.15, 0.2) is 14.7 Å². The molecular weight excluding hydrogens is 386 g/mol. The molecule has 0 spiro atoms. The van der Waals surface area contributed by atoms with Gasteiger partial charge in [-0.15, -0.1) is 11.3 Å². The Hall–Kier alpha value is -0.0900. The first kappa shape index (κ1) is 16.3. The molecule has 0 aromatic carbocycles. The first-order valence-corrected chi connectivity index (χ1v) is 10.2. The molecule has 0 radical (unpaired) electrons. The molecule has 1 aliphatic rings. The quantitative estimate of drug-likeness (QED) is 0.767. The number of carboxylic acids is 1. The molecule has 0 saturated heterocycles. The molecule has 1 heterocycles. The predicted octanol–water partition coefficient (Wildman–Crippen LogP) is 2.77. The average molecular weight is 400 g/mol. The van der Waals surface area contributed by atoms with E-state index < -0.39 is 16.0 Å². The number of aromatic carboxylic acids is 1. The fourth-order valence-electron chi connectivity index (χ4n) is 1.97. The molecule has 1 aromatic heterocycles. The number of thiophene rings is 1. The van der Waals surface area contributed by atoms with Crippen LogP contribution >= 0.6 is 39.0 Å². The lowest BCUT2D eigenvalue weighted by Gasteiger charge is -2.40. The van der Waals surface area contributed by atoms with Crippen LogP contribution in [0.4, 0.5) is 0 Å². The molecule has 2 N–H and O–H groups in total. The maximum atomic E-state index is 12.3. The number of carboxylic acid groups (broad SMARTS) is 1. The second kappa shape index (κ2) is 5.96. The Balaban J connectivity index is 2.16. The van der Waals surface area contributed by atoms with E-state index in [-0.39, 0.29) is 14.5 Å². The van der Waals surface area contributed by atoms with Gasteiger partial charge in [0.2, 0.25) is 10.0 Å². The number of halogens is 1. The van der Waals surface area contributed by atoms with Gasteiger partial charge in [0.25, 0.3) is 0 Å². The fourth-order valence-corrected chi connectivity index (χ4v) is 6.50. The zero-order chi connectivity index (χ0) is 15.0. The van der Waals surface area contributed by atoms with Crippen molar-refractivity contribution in [3.05, 3.63) is 14.7 Å². The summed E-state index contributed by atoms with van der Waals surface area (Å²) >= 11 is 5.70. The first-order valence-electron chi connectivity index (χ1n) is 5.87. The summed E-state index contributed by atoms with van der Waals surface area (Å²) in [6.45, 7) is 0.376. The highest BCUT2D eigenvalue weighted by Crippen LogP contribution is 2.42. The zero-order valence-corrected chi connectivity index (χ0v) is 14.7. The van der Waals surface area contributed by atoms with Crippen molar-refractivity contribution < 1.29 is 18.3 Å². The topological polar surface area (TPSA) is 83.5 Å². The molecule has 0 bridgehead atoms. The van der Waals surface area contributed by atoms with Gasteiger partial charge in [0.05, 0.1) is 3.79 Å². The van der Waals surface area contributed by atoms with Crippen molar-refractivity contribution in [2.24, 2.45) is 0 Å². The normalized spacial score (nSPS) is 17.7. The van der Waals surface area contributed by atoms with Gasteiger partial charge in [0.1, 0.15) is 9.77 Å². The summed E-state index contributed by atoms with van der Waals surface area (Å²) in [5.41, 5.74) is 0. The van der Waals surface area contributed by atoms with E-state index in [0.29, 0.717) is 10.3 Å². The van der Waals surface area contributed by atoms with Gasteiger partial charge >= 0.3 is 5.97 Å². The number of nitrogens with one attached hydrogen (secondary N) is 1. The highest BCUT2D eigenvalue weighted by atomic mass is 79.9. The van der Waals surface area contributed by atoms with Crippen LogP contribution in [-0.4, -0.2) is 37.0 Å². The van der Waals surface area contributed by atoms with E-state index in [1.54, 1.807) is 11.8 Å². The molecule has 2 rings (SSSR count). The van der Waals surface area contributed by atoms with Crippen LogP contribution in [-0.2, 0) is 10.0 Å². The van der Waals surface area contributed by atoms with E-state index in [2.05, 4.69) is 20.7 Å². The van der Waals surface area contributed by atoms with Crippen LogP contribution in [0.25, 0.3) is 0 Å². The average Bonchev–Trinajstić information content (AvgIpc) is 2.71. The maximum absolute atomic E-state index is 12.3. The Morgan fingerprint density at radius 2 is 2.25 bits per heavy atom. The molecule has 1 aromatic rings. The van der Waals surface area contributed by atoms with Crippen molar-refractivity contribution in [3.8, 4) is 0 Å². The largest absolute Gasteiger partial charge is 0.477 e. The van der Waals surface area contributed by atoms with Gasteiger partial charge in [-0.05, 0) is 41.1 Å². The van der Waals surface area contributed by atoms with E-state index in [1.165, 1.54) is 6.07 Å². The molecule has 0 atom stereocenters. The Bertz CT molecular complexity index is 616. The summed E-state index contributed by atoms with van der Waals surface area (Å²) in [6.07, 6.45) is 5.11. The predicted molar refractivity (Wildman–Crippen MR) is 84.3 cm³/mol. The van der Waals surface area contributed by atoms with Crippen LogP contribution in [0.2, 0.25) is 0 Å². The number of hydrogen-bond acceptors (Lipinski definition) is 5. The van der Waals surface area contributed by atoms with Crippen LogP contribution in [0.5, 0.6) is 0 Å². The Labute approximate surface area is 134 Å². The number of sulfonamides is 1. The molecular formula is C11H14BrNO4S3. The number of carbonyl (C=O) groups is 1. The van der Waals surface area contributed by atoms with Crippen molar-refractivity contribution in [2.45, 2.75) is 28.9 Å². The number of hydrogen-bond donors (Lipinski definition) is 2. The molecule has 1 fully saturated rings.